The number of carbonyl (C=O) groups is 2. The Bertz CT molecular complexity index is 792. The van der Waals surface area contributed by atoms with E-state index < -0.39 is 5.97 Å². The van der Waals surface area contributed by atoms with Crippen molar-refractivity contribution in [1.29, 1.82) is 0 Å². The first-order chi connectivity index (χ1) is 11.3. The molecule has 0 aliphatic rings. The topological polar surface area (TPSA) is 102 Å². The molecule has 2 aromatic rings. The van der Waals surface area contributed by atoms with Gasteiger partial charge in [0, 0.05) is 4.88 Å². The third-order valence-electron chi connectivity index (χ3n) is 2.83. The number of thiazole rings is 1. The van der Waals surface area contributed by atoms with Crippen molar-refractivity contribution >= 4 is 47.7 Å². The number of hydrogen-bond acceptors (Lipinski definition) is 9. The number of ether oxygens (including phenoxy) is 1. The van der Waals surface area contributed by atoms with Crippen LogP contribution in [0.5, 0.6) is 0 Å². The Morgan fingerprint density at radius 2 is 2.00 bits per heavy atom. The van der Waals surface area contributed by atoms with E-state index in [4.69, 9.17) is 9.84 Å². The molecule has 0 unspecified atom stereocenters. The summed E-state index contributed by atoms with van der Waals surface area (Å²) >= 11 is 6.77. The van der Waals surface area contributed by atoms with Crippen molar-refractivity contribution in [3.63, 3.8) is 0 Å². The fourth-order valence-electron chi connectivity index (χ4n) is 1.80. The molecule has 0 aliphatic carbocycles. The summed E-state index contributed by atoms with van der Waals surface area (Å²) in [4.78, 5) is 36.3. The molecule has 0 spiro atoms. The number of aromatic carboxylic acids is 1. The molecule has 1 N–H and O–H groups in total. The van der Waals surface area contributed by atoms with Crippen LogP contribution in [0.3, 0.4) is 0 Å². The molecule has 2 aromatic heterocycles. The van der Waals surface area contributed by atoms with E-state index in [1.54, 1.807) is 13.8 Å². The van der Waals surface area contributed by atoms with Crippen molar-refractivity contribution in [3.8, 4) is 0 Å². The summed E-state index contributed by atoms with van der Waals surface area (Å²) in [5.74, 6) is -1.12. The molecule has 0 fully saturated rings. The van der Waals surface area contributed by atoms with Crippen molar-refractivity contribution in [1.82, 2.24) is 15.0 Å². The number of carboxylic acid groups (broad SMARTS) is 1. The molecule has 128 valence electrons. The summed E-state index contributed by atoms with van der Waals surface area (Å²) in [6, 6.07) is 0. The molecule has 0 amide bonds. The highest BCUT2D eigenvalue weighted by Crippen LogP contribution is 2.36. The van der Waals surface area contributed by atoms with E-state index >= 15 is 0 Å². The number of aryl methyl sites for hydroxylation is 2. The Hall–Kier alpha value is -1.65. The first-order valence-electron chi connectivity index (χ1n) is 6.92. The number of rotatable bonds is 6. The Balaban J connectivity index is 2.26. The first kappa shape index (κ1) is 18.7. The number of thiol groups is 1. The molecular formula is C14H15N3O4S3. The van der Waals surface area contributed by atoms with Crippen LogP contribution in [0, 0.1) is 13.8 Å². The Kier molecular flexibility index (Phi) is 6.19. The van der Waals surface area contributed by atoms with Crippen molar-refractivity contribution in [2.24, 2.45) is 0 Å². The van der Waals surface area contributed by atoms with Gasteiger partial charge in [-0.15, -0.1) is 24.0 Å². The van der Waals surface area contributed by atoms with Gasteiger partial charge in [0.25, 0.3) is 0 Å². The largest absolute Gasteiger partial charge is 0.476 e. The Morgan fingerprint density at radius 3 is 2.62 bits per heavy atom. The molecule has 0 saturated heterocycles. The van der Waals surface area contributed by atoms with Crippen LogP contribution in [0.25, 0.3) is 0 Å². The molecule has 10 heteroatoms. The third-order valence-corrected chi connectivity index (χ3v) is 5.62. The molecule has 0 radical (unpaired) electrons. The van der Waals surface area contributed by atoms with Crippen LogP contribution < -0.4 is 0 Å². The van der Waals surface area contributed by atoms with Crippen LogP contribution in [0.1, 0.15) is 33.8 Å². The monoisotopic (exact) mass is 385 g/mol. The minimum Gasteiger partial charge on any atom is -0.476 e. The Labute approximate surface area is 152 Å². The lowest BCUT2D eigenvalue weighted by Gasteiger charge is -2.05. The van der Waals surface area contributed by atoms with Crippen LogP contribution in [0.15, 0.2) is 14.3 Å². The van der Waals surface area contributed by atoms with Gasteiger partial charge in [0.15, 0.2) is 10.0 Å². The zero-order valence-corrected chi connectivity index (χ0v) is 15.7. The standard InChI is InChI=1S/C14H15N3O4S3/c1-4-21-9(18)5-8-6(2)15-14(23-8)24-12-11(22)10(13(19)20)16-7(3)17-12/h22H,4-5H2,1-3H3,(H,19,20). The van der Waals surface area contributed by atoms with E-state index in [0.717, 1.165) is 10.6 Å². The highest BCUT2D eigenvalue weighted by molar-refractivity contribution is 8.01. The quantitative estimate of drug-likeness (QED) is 0.445. The van der Waals surface area contributed by atoms with Gasteiger partial charge in [-0.1, -0.05) is 0 Å². The van der Waals surface area contributed by atoms with E-state index in [1.807, 2.05) is 6.92 Å². The zero-order valence-electron chi connectivity index (χ0n) is 13.2. The lowest BCUT2D eigenvalue weighted by atomic mass is 10.3. The van der Waals surface area contributed by atoms with E-state index in [9.17, 15) is 9.59 Å². The average molecular weight is 385 g/mol. The maximum absolute atomic E-state index is 11.6. The minimum absolute atomic E-state index is 0.145. The summed E-state index contributed by atoms with van der Waals surface area (Å²) < 4.78 is 5.59. The van der Waals surface area contributed by atoms with Crippen LogP contribution in [0.4, 0.5) is 0 Å². The molecule has 0 atom stereocenters. The van der Waals surface area contributed by atoms with Crippen molar-refractivity contribution < 1.29 is 19.4 Å². The average Bonchev–Trinajstić information content (AvgIpc) is 2.82. The third kappa shape index (κ3) is 4.46. The first-order valence-corrected chi connectivity index (χ1v) is 9.00. The second kappa shape index (κ2) is 7.95. The maximum atomic E-state index is 11.6. The van der Waals surface area contributed by atoms with Crippen LogP contribution in [-0.2, 0) is 16.0 Å². The number of esters is 1. The van der Waals surface area contributed by atoms with E-state index in [1.165, 1.54) is 23.1 Å². The van der Waals surface area contributed by atoms with Crippen molar-refractivity contribution in [2.75, 3.05) is 6.61 Å². The molecule has 7 nitrogen and oxygen atoms in total. The molecule has 0 saturated carbocycles. The van der Waals surface area contributed by atoms with E-state index in [0.29, 0.717) is 21.8 Å². The molecule has 2 rings (SSSR count). The number of carboxylic acids is 1. The molecular weight excluding hydrogens is 370 g/mol. The lowest BCUT2D eigenvalue weighted by molar-refractivity contribution is -0.142. The lowest BCUT2D eigenvalue weighted by Crippen LogP contribution is -2.07. The fraction of sp³-hybridized carbons (Fsp3) is 0.357. The number of aromatic nitrogens is 3. The SMILES string of the molecule is CCOC(=O)Cc1sc(Sc2nc(C)nc(C(=O)O)c2S)nc1C. The van der Waals surface area contributed by atoms with Crippen molar-refractivity contribution in [2.45, 2.75) is 41.5 Å². The minimum atomic E-state index is -1.16. The van der Waals surface area contributed by atoms with Crippen LogP contribution >= 0.6 is 35.7 Å². The molecule has 2 heterocycles. The summed E-state index contributed by atoms with van der Waals surface area (Å²) in [7, 11) is 0. The maximum Gasteiger partial charge on any atom is 0.355 e. The second-order valence-corrected chi connectivity index (χ2v) is 7.42. The molecule has 0 bridgehead atoms. The van der Waals surface area contributed by atoms with Crippen LogP contribution in [0.2, 0.25) is 0 Å². The van der Waals surface area contributed by atoms with E-state index in [2.05, 4.69) is 27.6 Å². The smallest absolute Gasteiger partial charge is 0.355 e. The number of nitrogens with zero attached hydrogens (tertiary/aromatic N) is 3. The predicted molar refractivity (Wildman–Crippen MR) is 92.3 cm³/mol. The number of hydrogen-bond donors (Lipinski definition) is 2. The van der Waals surface area contributed by atoms with Gasteiger partial charge >= 0.3 is 11.9 Å². The number of carbonyl (C=O) groups excluding carboxylic acids is 1. The Morgan fingerprint density at radius 1 is 1.29 bits per heavy atom. The summed E-state index contributed by atoms with van der Waals surface area (Å²) in [5.41, 5.74) is 0.592. The second-order valence-electron chi connectivity index (χ2n) is 4.65. The highest BCUT2D eigenvalue weighted by atomic mass is 32.2. The van der Waals surface area contributed by atoms with Gasteiger partial charge in [0.1, 0.15) is 10.9 Å². The fourth-order valence-corrected chi connectivity index (χ4v) is 4.33. The molecule has 0 aromatic carbocycles. The highest BCUT2D eigenvalue weighted by Gasteiger charge is 2.19. The normalized spacial score (nSPS) is 10.7. The van der Waals surface area contributed by atoms with Gasteiger partial charge < -0.3 is 9.84 Å². The van der Waals surface area contributed by atoms with Gasteiger partial charge in [-0.25, -0.2) is 19.7 Å². The van der Waals surface area contributed by atoms with Gasteiger partial charge in [-0.3, -0.25) is 4.79 Å². The summed E-state index contributed by atoms with van der Waals surface area (Å²) in [5, 5.41) is 9.58. The molecule has 0 aliphatic heterocycles. The van der Waals surface area contributed by atoms with Crippen LogP contribution in [-0.4, -0.2) is 38.6 Å². The van der Waals surface area contributed by atoms with Gasteiger partial charge in [0.05, 0.1) is 23.6 Å². The predicted octanol–water partition coefficient (Wildman–Crippen LogP) is 2.79. The van der Waals surface area contributed by atoms with Gasteiger partial charge in [-0.05, 0) is 32.5 Å². The molecule has 24 heavy (non-hydrogen) atoms. The van der Waals surface area contributed by atoms with Gasteiger partial charge in [-0.2, -0.15) is 0 Å². The van der Waals surface area contributed by atoms with E-state index in [-0.39, 0.29) is 23.0 Å². The van der Waals surface area contributed by atoms with Crippen molar-refractivity contribution in [3.05, 3.63) is 22.1 Å². The summed E-state index contributed by atoms with van der Waals surface area (Å²) in [6.07, 6.45) is 0.162. The van der Waals surface area contributed by atoms with Gasteiger partial charge in [0.2, 0.25) is 0 Å². The summed E-state index contributed by atoms with van der Waals surface area (Å²) in [6.45, 7) is 5.51. The zero-order chi connectivity index (χ0) is 17.9.